The number of esters is 4. The van der Waals surface area contributed by atoms with Gasteiger partial charge in [0.15, 0.2) is 0 Å². The van der Waals surface area contributed by atoms with Crippen LogP contribution in [0.3, 0.4) is 0 Å². The molecule has 9 heteroatoms. The molecule has 0 amide bonds. The van der Waals surface area contributed by atoms with Crippen LogP contribution in [0.25, 0.3) is 0 Å². The van der Waals surface area contributed by atoms with Crippen LogP contribution >= 0.6 is 0 Å². The maximum Gasteiger partial charge on any atom is 0.348 e. The first-order valence-electron chi connectivity index (χ1n) is 6.86. The molecule has 0 atom stereocenters. The minimum Gasteiger partial charge on any atom is -0.386 e. The van der Waals surface area contributed by atoms with Crippen molar-refractivity contribution in [1.29, 1.82) is 0 Å². The van der Waals surface area contributed by atoms with E-state index in [9.17, 15) is 27.6 Å². The van der Waals surface area contributed by atoms with Crippen LogP contribution in [0, 0.1) is 0 Å². The minimum absolute atomic E-state index is 0.0446. The first-order valence-corrected chi connectivity index (χ1v) is 8.34. The molecule has 0 radical (unpaired) electrons. The quantitative estimate of drug-likeness (QED) is 0.579. The molecule has 0 bridgehead atoms. The van der Waals surface area contributed by atoms with Gasteiger partial charge >= 0.3 is 23.9 Å². The van der Waals surface area contributed by atoms with Crippen molar-refractivity contribution in [2.45, 2.75) is 9.79 Å². The van der Waals surface area contributed by atoms with Gasteiger partial charge < -0.3 is 9.47 Å². The van der Waals surface area contributed by atoms with E-state index in [1.54, 1.807) is 0 Å². The molecule has 0 aliphatic carbocycles. The Labute approximate surface area is 139 Å². The molecule has 0 aromatic heterocycles. The van der Waals surface area contributed by atoms with Crippen LogP contribution in [-0.4, -0.2) is 32.3 Å². The Hall–Kier alpha value is -3.33. The van der Waals surface area contributed by atoms with E-state index in [0.717, 1.165) is 24.3 Å². The maximum atomic E-state index is 12.9. The number of carbonyl (C=O) groups is 4. The first-order chi connectivity index (χ1) is 11.8. The predicted octanol–water partition coefficient (Wildman–Crippen LogP) is 1.14. The van der Waals surface area contributed by atoms with Gasteiger partial charge in [0, 0.05) is 0 Å². The first kappa shape index (κ1) is 15.2. The molecule has 2 aliphatic heterocycles. The summed E-state index contributed by atoms with van der Waals surface area (Å²) in [6.07, 6.45) is 0. The summed E-state index contributed by atoms with van der Waals surface area (Å²) < 4.78 is 34.6. The molecule has 8 nitrogen and oxygen atoms in total. The normalized spacial score (nSPS) is 15.7. The van der Waals surface area contributed by atoms with Crippen molar-refractivity contribution in [3.63, 3.8) is 0 Å². The van der Waals surface area contributed by atoms with E-state index in [0.29, 0.717) is 0 Å². The van der Waals surface area contributed by atoms with Crippen LogP contribution in [0.5, 0.6) is 0 Å². The summed E-state index contributed by atoms with van der Waals surface area (Å²) in [4.78, 5) is 45.7. The van der Waals surface area contributed by atoms with Gasteiger partial charge in [0.2, 0.25) is 9.84 Å². The highest BCUT2D eigenvalue weighted by atomic mass is 32.2. The van der Waals surface area contributed by atoms with Crippen LogP contribution in [0.15, 0.2) is 46.2 Å². The molecule has 2 heterocycles. The molecule has 0 saturated carbocycles. The van der Waals surface area contributed by atoms with Gasteiger partial charge in [0.05, 0.1) is 32.0 Å². The van der Waals surface area contributed by atoms with E-state index < -0.39 is 38.6 Å². The average molecular weight is 358 g/mol. The Bertz CT molecular complexity index is 1130. The highest BCUT2D eigenvalue weighted by Crippen LogP contribution is 2.32. The fourth-order valence-electron chi connectivity index (χ4n) is 2.68. The summed E-state index contributed by atoms with van der Waals surface area (Å²) in [7, 11) is -4.26. The number of benzene rings is 2. The van der Waals surface area contributed by atoms with Crippen LogP contribution in [0.2, 0.25) is 0 Å². The minimum atomic E-state index is -4.26. The van der Waals surface area contributed by atoms with Gasteiger partial charge in [0.1, 0.15) is 0 Å². The third kappa shape index (κ3) is 2.02. The van der Waals surface area contributed by atoms with Crippen molar-refractivity contribution >= 4 is 33.7 Å². The largest absolute Gasteiger partial charge is 0.386 e. The summed E-state index contributed by atoms with van der Waals surface area (Å²) in [5, 5.41) is 0. The van der Waals surface area contributed by atoms with Crippen molar-refractivity contribution in [3.8, 4) is 0 Å². The van der Waals surface area contributed by atoms with Crippen LogP contribution in [-0.2, 0) is 19.3 Å². The smallest absolute Gasteiger partial charge is 0.348 e. The van der Waals surface area contributed by atoms with Gasteiger partial charge in [-0.1, -0.05) is 6.07 Å². The maximum absolute atomic E-state index is 12.9. The Morgan fingerprint density at radius 2 is 1.32 bits per heavy atom. The summed E-state index contributed by atoms with van der Waals surface area (Å²) in [6.45, 7) is 0. The van der Waals surface area contributed by atoms with Crippen LogP contribution in [0.1, 0.15) is 41.4 Å². The molecule has 2 aromatic carbocycles. The van der Waals surface area contributed by atoms with Crippen molar-refractivity contribution in [2.24, 2.45) is 0 Å². The zero-order valence-corrected chi connectivity index (χ0v) is 13.0. The highest BCUT2D eigenvalue weighted by Gasteiger charge is 2.38. The monoisotopic (exact) mass is 358 g/mol. The molecule has 2 aromatic rings. The molecular formula is C16H6O8S. The molecule has 0 N–H and O–H groups in total. The van der Waals surface area contributed by atoms with E-state index >= 15 is 0 Å². The van der Waals surface area contributed by atoms with Crippen molar-refractivity contribution in [3.05, 3.63) is 58.7 Å². The fourth-order valence-corrected chi connectivity index (χ4v) is 4.18. The molecule has 25 heavy (non-hydrogen) atoms. The van der Waals surface area contributed by atoms with E-state index in [1.165, 1.54) is 12.1 Å². The second kappa shape index (κ2) is 4.84. The lowest BCUT2D eigenvalue weighted by Crippen LogP contribution is -2.09. The Kier molecular flexibility index (Phi) is 2.94. The SMILES string of the molecule is O=C1OC(=O)c2cc(S(=O)(=O)c3cccc4c3C(=O)OC4=O)ccc21. The number of cyclic esters (lactones) is 4. The number of sulfone groups is 1. The van der Waals surface area contributed by atoms with Crippen LogP contribution < -0.4 is 0 Å². The second-order valence-corrected chi connectivity index (χ2v) is 7.16. The van der Waals surface area contributed by atoms with Gasteiger partial charge in [-0.3, -0.25) is 0 Å². The number of carbonyl (C=O) groups excluding carboxylic acids is 4. The summed E-state index contributed by atoms with van der Waals surface area (Å²) in [5.74, 6) is -3.81. The van der Waals surface area contributed by atoms with E-state index in [2.05, 4.69) is 9.47 Å². The van der Waals surface area contributed by atoms with Crippen LogP contribution in [0.4, 0.5) is 0 Å². The molecule has 4 rings (SSSR count). The number of hydrogen-bond donors (Lipinski definition) is 0. The molecule has 0 fully saturated rings. The number of ether oxygens (including phenoxy) is 2. The van der Waals surface area contributed by atoms with Crippen molar-refractivity contribution in [1.82, 2.24) is 0 Å². The zero-order chi connectivity index (χ0) is 17.9. The summed E-state index contributed by atoms with van der Waals surface area (Å²) in [5.41, 5.74) is -0.734. The second-order valence-electron chi connectivity index (χ2n) is 5.24. The third-order valence-electron chi connectivity index (χ3n) is 3.85. The number of rotatable bonds is 2. The molecule has 124 valence electrons. The Morgan fingerprint density at radius 1 is 0.680 bits per heavy atom. The van der Waals surface area contributed by atoms with Gasteiger partial charge in [-0.05, 0) is 30.3 Å². The Morgan fingerprint density at radius 3 is 2.08 bits per heavy atom. The fraction of sp³-hybridized carbons (Fsp3) is 0. The lowest BCUT2D eigenvalue weighted by atomic mass is 10.1. The van der Waals surface area contributed by atoms with Gasteiger partial charge in [-0.2, -0.15) is 0 Å². The van der Waals surface area contributed by atoms with E-state index in [4.69, 9.17) is 0 Å². The molecule has 0 spiro atoms. The highest BCUT2D eigenvalue weighted by molar-refractivity contribution is 7.91. The summed E-state index contributed by atoms with van der Waals surface area (Å²) >= 11 is 0. The van der Waals surface area contributed by atoms with Gasteiger partial charge in [-0.15, -0.1) is 0 Å². The summed E-state index contributed by atoms with van der Waals surface area (Å²) in [6, 6.07) is 7.01. The molecule has 0 saturated heterocycles. The Balaban J connectivity index is 1.93. The molecule has 0 unspecified atom stereocenters. The lowest BCUT2D eigenvalue weighted by molar-refractivity contribution is 0.0425. The third-order valence-corrected chi connectivity index (χ3v) is 5.65. The lowest BCUT2D eigenvalue weighted by Gasteiger charge is -2.07. The molecular weight excluding hydrogens is 352 g/mol. The average Bonchev–Trinajstić information content (AvgIpc) is 3.04. The topological polar surface area (TPSA) is 121 Å². The van der Waals surface area contributed by atoms with E-state index in [-0.39, 0.29) is 27.1 Å². The zero-order valence-electron chi connectivity index (χ0n) is 12.1. The number of fused-ring (bicyclic) bond motifs is 2. The number of hydrogen-bond acceptors (Lipinski definition) is 8. The van der Waals surface area contributed by atoms with Gasteiger partial charge in [0.25, 0.3) is 0 Å². The van der Waals surface area contributed by atoms with E-state index in [1.807, 2.05) is 0 Å². The van der Waals surface area contributed by atoms with Gasteiger partial charge in [-0.25, -0.2) is 27.6 Å². The van der Waals surface area contributed by atoms with Crippen molar-refractivity contribution in [2.75, 3.05) is 0 Å². The molecule has 2 aliphatic rings. The van der Waals surface area contributed by atoms with Crippen molar-refractivity contribution < 1.29 is 37.1 Å². The standard InChI is InChI=1S/C16H6O8S/c17-13-8-5-4-7(6-10(8)15(19)23-13)25(21,22)11-3-1-2-9-12(11)16(20)24-14(9)18/h1-6H. The predicted molar refractivity (Wildman–Crippen MR) is 77.8 cm³/mol.